The molecule has 0 amide bonds. The summed E-state index contributed by atoms with van der Waals surface area (Å²) >= 11 is 0. The van der Waals surface area contributed by atoms with Crippen molar-refractivity contribution in [2.75, 3.05) is 38.8 Å². The number of unbranched alkanes of at least 4 members (excludes halogenated alkanes) is 1. The molecule has 0 atom stereocenters. The van der Waals surface area contributed by atoms with Crippen LogP contribution < -0.4 is 5.32 Å². The minimum absolute atomic E-state index is 0.659. The summed E-state index contributed by atoms with van der Waals surface area (Å²) in [6.07, 6.45) is 5.85. The van der Waals surface area contributed by atoms with Crippen molar-refractivity contribution in [3.8, 4) is 5.69 Å². The number of nitrogens with zero attached hydrogens (tertiary/aromatic N) is 2. The van der Waals surface area contributed by atoms with Crippen LogP contribution in [0.5, 0.6) is 0 Å². The highest BCUT2D eigenvalue weighted by Gasteiger charge is 2.03. The molecule has 1 heterocycles. The number of aromatic nitrogens is 2. The maximum Gasteiger partial charge on any atom is 0.207 e. The smallest absolute Gasteiger partial charge is 0.207 e. The van der Waals surface area contributed by atoms with Crippen molar-refractivity contribution < 1.29 is 9.47 Å². The van der Waals surface area contributed by atoms with Gasteiger partial charge in [0.25, 0.3) is 0 Å². The Labute approximate surface area is 125 Å². The fraction of sp³-hybridized carbons (Fsp3) is 0.438. The zero-order chi connectivity index (χ0) is 14.8. The van der Waals surface area contributed by atoms with Crippen molar-refractivity contribution in [3.05, 3.63) is 42.7 Å². The van der Waals surface area contributed by atoms with Crippen molar-refractivity contribution in [1.82, 2.24) is 9.55 Å². The van der Waals surface area contributed by atoms with E-state index in [4.69, 9.17) is 9.47 Å². The Morgan fingerprint density at radius 1 is 1.10 bits per heavy atom. The molecule has 0 bridgehead atoms. The van der Waals surface area contributed by atoms with Crippen molar-refractivity contribution >= 4 is 5.95 Å². The number of anilines is 1. The number of ether oxygens (including phenoxy) is 2. The summed E-state index contributed by atoms with van der Waals surface area (Å²) in [6, 6.07) is 10.2. The summed E-state index contributed by atoms with van der Waals surface area (Å²) in [5.41, 5.74) is 1.11. The van der Waals surface area contributed by atoms with Crippen LogP contribution in [0.3, 0.4) is 0 Å². The Balaban J connectivity index is 1.69. The zero-order valence-corrected chi connectivity index (χ0v) is 12.5. The molecule has 0 unspecified atom stereocenters. The minimum Gasteiger partial charge on any atom is -0.382 e. The average Bonchev–Trinajstić information content (AvgIpc) is 2.99. The average molecular weight is 289 g/mol. The van der Waals surface area contributed by atoms with Gasteiger partial charge in [0, 0.05) is 38.3 Å². The first-order valence-electron chi connectivity index (χ1n) is 7.31. The number of para-hydroxylation sites is 1. The van der Waals surface area contributed by atoms with Gasteiger partial charge in [-0.15, -0.1) is 0 Å². The normalized spacial score (nSPS) is 10.7. The van der Waals surface area contributed by atoms with Gasteiger partial charge in [-0.25, -0.2) is 4.98 Å². The fourth-order valence-electron chi connectivity index (χ4n) is 2.00. The number of nitrogens with one attached hydrogen (secondary N) is 1. The number of methoxy groups -OCH3 is 1. The summed E-state index contributed by atoms with van der Waals surface area (Å²) in [6.45, 7) is 2.99. The third kappa shape index (κ3) is 5.21. The first-order chi connectivity index (χ1) is 10.4. The molecule has 1 N–H and O–H groups in total. The van der Waals surface area contributed by atoms with Crippen molar-refractivity contribution in [2.45, 2.75) is 12.8 Å². The molecule has 0 aliphatic carbocycles. The lowest BCUT2D eigenvalue weighted by Crippen LogP contribution is -2.09. The Morgan fingerprint density at radius 2 is 1.95 bits per heavy atom. The van der Waals surface area contributed by atoms with Gasteiger partial charge in [0.2, 0.25) is 5.95 Å². The molecular weight excluding hydrogens is 266 g/mol. The van der Waals surface area contributed by atoms with Gasteiger partial charge >= 0.3 is 0 Å². The Morgan fingerprint density at radius 3 is 2.76 bits per heavy atom. The zero-order valence-electron chi connectivity index (χ0n) is 12.5. The van der Waals surface area contributed by atoms with Crippen molar-refractivity contribution in [3.63, 3.8) is 0 Å². The number of rotatable bonds is 10. The summed E-state index contributed by atoms with van der Waals surface area (Å²) in [5.74, 6) is 0.876. The number of hydrogen-bond acceptors (Lipinski definition) is 4. The molecule has 5 heteroatoms. The predicted molar refractivity (Wildman–Crippen MR) is 84.0 cm³/mol. The predicted octanol–water partition coefficient (Wildman–Crippen LogP) is 2.73. The molecule has 5 nitrogen and oxygen atoms in total. The molecule has 1 aromatic carbocycles. The first kappa shape index (κ1) is 15.5. The Kier molecular flexibility index (Phi) is 6.77. The van der Waals surface area contributed by atoms with Gasteiger partial charge in [0.15, 0.2) is 0 Å². The topological polar surface area (TPSA) is 48.3 Å². The molecule has 1 aromatic heterocycles. The van der Waals surface area contributed by atoms with E-state index in [0.717, 1.165) is 37.6 Å². The lowest BCUT2D eigenvalue weighted by atomic mass is 10.3. The van der Waals surface area contributed by atoms with E-state index >= 15 is 0 Å². The van der Waals surface area contributed by atoms with Crippen LogP contribution in [0.25, 0.3) is 5.69 Å². The van der Waals surface area contributed by atoms with Crippen molar-refractivity contribution in [2.24, 2.45) is 0 Å². The van der Waals surface area contributed by atoms with E-state index in [-0.39, 0.29) is 0 Å². The van der Waals surface area contributed by atoms with Gasteiger partial charge in [-0.2, -0.15) is 0 Å². The van der Waals surface area contributed by atoms with Crippen LogP contribution in [-0.2, 0) is 9.47 Å². The first-order valence-corrected chi connectivity index (χ1v) is 7.31. The van der Waals surface area contributed by atoms with Crippen LogP contribution in [0.4, 0.5) is 5.95 Å². The molecule has 0 aliphatic heterocycles. The molecule has 0 radical (unpaired) electrons. The standard InChI is InChI=1S/C16H23N3O2/c1-20-13-14-21-12-6-5-9-17-16-18-10-11-19(16)15-7-3-2-4-8-15/h2-4,7-8,10-11H,5-6,9,12-14H2,1H3,(H,17,18). The van der Waals surface area contributed by atoms with Crippen LogP contribution in [0.2, 0.25) is 0 Å². The highest BCUT2D eigenvalue weighted by atomic mass is 16.5. The lowest BCUT2D eigenvalue weighted by molar-refractivity contribution is 0.0691. The molecule has 0 saturated carbocycles. The summed E-state index contributed by atoms with van der Waals surface area (Å²) in [5, 5.41) is 3.37. The van der Waals surface area contributed by atoms with Crippen LogP contribution in [0, 0.1) is 0 Å². The second-order valence-corrected chi connectivity index (χ2v) is 4.70. The monoisotopic (exact) mass is 289 g/mol. The van der Waals surface area contributed by atoms with Crippen LogP contribution in [0.1, 0.15) is 12.8 Å². The van der Waals surface area contributed by atoms with E-state index in [0.29, 0.717) is 13.2 Å². The molecule has 0 fully saturated rings. The van der Waals surface area contributed by atoms with Gasteiger partial charge in [-0.3, -0.25) is 4.57 Å². The minimum atomic E-state index is 0.659. The molecule has 0 saturated heterocycles. The summed E-state index contributed by atoms with van der Waals surface area (Å²) in [4.78, 5) is 4.35. The SMILES string of the molecule is COCCOCCCCNc1nccn1-c1ccccc1. The highest BCUT2D eigenvalue weighted by molar-refractivity contribution is 5.41. The largest absolute Gasteiger partial charge is 0.382 e. The summed E-state index contributed by atoms with van der Waals surface area (Å²) < 4.78 is 12.4. The second kappa shape index (κ2) is 9.15. The molecule has 0 aliphatic rings. The molecule has 21 heavy (non-hydrogen) atoms. The maximum absolute atomic E-state index is 5.43. The molecule has 2 aromatic rings. The third-order valence-electron chi connectivity index (χ3n) is 3.11. The van der Waals surface area contributed by atoms with Crippen LogP contribution >= 0.6 is 0 Å². The fourth-order valence-corrected chi connectivity index (χ4v) is 2.00. The van der Waals surface area contributed by atoms with Gasteiger partial charge < -0.3 is 14.8 Å². The van der Waals surface area contributed by atoms with E-state index in [2.05, 4.69) is 27.0 Å². The molecule has 0 spiro atoms. The molecule has 2 rings (SSSR count). The van der Waals surface area contributed by atoms with E-state index in [1.165, 1.54) is 0 Å². The lowest BCUT2D eigenvalue weighted by Gasteiger charge is -2.09. The third-order valence-corrected chi connectivity index (χ3v) is 3.11. The quantitative estimate of drug-likeness (QED) is 0.683. The Bertz CT molecular complexity index is 499. The highest BCUT2D eigenvalue weighted by Crippen LogP contribution is 2.13. The number of benzene rings is 1. The van der Waals surface area contributed by atoms with Gasteiger partial charge in [-0.1, -0.05) is 18.2 Å². The van der Waals surface area contributed by atoms with Crippen LogP contribution in [0.15, 0.2) is 42.7 Å². The van der Waals surface area contributed by atoms with Crippen LogP contribution in [-0.4, -0.2) is 43.0 Å². The summed E-state index contributed by atoms with van der Waals surface area (Å²) in [7, 11) is 1.68. The molecular formula is C16H23N3O2. The van der Waals surface area contributed by atoms with Crippen molar-refractivity contribution in [1.29, 1.82) is 0 Å². The number of hydrogen-bond donors (Lipinski definition) is 1. The van der Waals surface area contributed by atoms with Gasteiger partial charge in [-0.05, 0) is 25.0 Å². The number of imidazole rings is 1. The van der Waals surface area contributed by atoms with Gasteiger partial charge in [0.1, 0.15) is 0 Å². The van der Waals surface area contributed by atoms with Gasteiger partial charge in [0.05, 0.1) is 13.2 Å². The van der Waals surface area contributed by atoms with E-state index < -0.39 is 0 Å². The second-order valence-electron chi connectivity index (χ2n) is 4.70. The molecule has 114 valence electrons. The maximum atomic E-state index is 5.43. The van der Waals surface area contributed by atoms with E-state index in [1.54, 1.807) is 7.11 Å². The Hall–Kier alpha value is -1.85. The van der Waals surface area contributed by atoms with E-state index in [1.807, 2.05) is 30.6 Å². The van der Waals surface area contributed by atoms with E-state index in [9.17, 15) is 0 Å².